The second-order valence-electron chi connectivity index (χ2n) is 4.31. The summed E-state index contributed by atoms with van der Waals surface area (Å²) < 4.78 is 5.14. The van der Waals surface area contributed by atoms with Crippen molar-refractivity contribution in [3.63, 3.8) is 0 Å². The number of anilines is 2. The molecular weight excluding hydrogens is 242 g/mol. The second-order valence-corrected chi connectivity index (χ2v) is 4.31. The number of nitrogens with zero attached hydrogens (tertiary/aromatic N) is 3. The van der Waals surface area contributed by atoms with Crippen molar-refractivity contribution in [1.82, 2.24) is 15.1 Å². The molecule has 0 bridgehead atoms. The van der Waals surface area contributed by atoms with Gasteiger partial charge in [-0.05, 0) is 13.8 Å². The molecular formula is C13H19N5O. The molecule has 2 heterocycles. The topological polar surface area (TPSA) is 75.9 Å². The van der Waals surface area contributed by atoms with Gasteiger partial charge in [0.25, 0.3) is 0 Å². The molecule has 0 fully saturated rings. The lowest BCUT2D eigenvalue weighted by molar-refractivity contribution is 0.392. The molecule has 6 nitrogen and oxygen atoms in total. The zero-order valence-corrected chi connectivity index (χ0v) is 11.7. The Morgan fingerprint density at radius 2 is 1.95 bits per heavy atom. The van der Waals surface area contributed by atoms with Gasteiger partial charge in [0, 0.05) is 31.6 Å². The van der Waals surface area contributed by atoms with Crippen LogP contribution >= 0.6 is 0 Å². The summed E-state index contributed by atoms with van der Waals surface area (Å²) in [5.41, 5.74) is 1.98. The summed E-state index contributed by atoms with van der Waals surface area (Å²) in [4.78, 5) is 8.80. The Kier molecular flexibility index (Phi) is 3.99. The average Bonchev–Trinajstić information content (AvgIpc) is 2.75. The Morgan fingerprint density at radius 3 is 2.53 bits per heavy atom. The van der Waals surface area contributed by atoms with Gasteiger partial charge in [0.15, 0.2) is 0 Å². The highest BCUT2D eigenvalue weighted by Gasteiger charge is 2.09. The molecule has 0 spiro atoms. The van der Waals surface area contributed by atoms with E-state index in [1.54, 1.807) is 0 Å². The van der Waals surface area contributed by atoms with Crippen molar-refractivity contribution >= 4 is 11.6 Å². The van der Waals surface area contributed by atoms with Crippen LogP contribution < -0.4 is 10.6 Å². The third kappa shape index (κ3) is 3.01. The Labute approximate surface area is 112 Å². The van der Waals surface area contributed by atoms with E-state index < -0.39 is 0 Å². The Hall–Kier alpha value is -2.11. The fourth-order valence-electron chi connectivity index (χ4n) is 1.81. The van der Waals surface area contributed by atoms with Gasteiger partial charge < -0.3 is 15.2 Å². The number of aromatic nitrogens is 3. The quantitative estimate of drug-likeness (QED) is 0.860. The van der Waals surface area contributed by atoms with Crippen LogP contribution in [0.2, 0.25) is 0 Å². The molecule has 0 atom stereocenters. The molecule has 0 aliphatic heterocycles. The zero-order valence-electron chi connectivity index (χ0n) is 11.7. The number of hydrogen-bond donors (Lipinski definition) is 2. The minimum Gasteiger partial charge on any atom is -0.373 e. The van der Waals surface area contributed by atoms with Gasteiger partial charge in [-0.15, -0.1) is 0 Å². The van der Waals surface area contributed by atoms with Crippen molar-refractivity contribution in [2.24, 2.45) is 0 Å². The smallest absolute Gasteiger partial charge is 0.138 e. The molecule has 0 saturated carbocycles. The molecule has 0 aromatic carbocycles. The monoisotopic (exact) mass is 261 g/mol. The maximum atomic E-state index is 5.14. The standard InChI is InChI=1S/C13H19N5O/c1-5-11-16-12(14-4)6-13(17-11)15-7-10-8(2)18-19-9(10)3/h6H,5,7H2,1-4H3,(H2,14,15,16,17). The molecule has 0 unspecified atom stereocenters. The van der Waals surface area contributed by atoms with Crippen LogP contribution in [0.4, 0.5) is 11.6 Å². The van der Waals surface area contributed by atoms with Crippen LogP contribution in [0, 0.1) is 13.8 Å². The second kappa shape index (κ2) is 5.69. The van der Waals surface area contributed by atoms with E-state index in [1.165, 1.54) is 0 Å². The van der Waals surface area contributed by atoms with Crippen LogP contribution in [0.3, 0.4) is 0 Å². The highest BCUT2D eigenvalue weighted by atomic mass is 16.5. The molecule has 2 rings (SSSR count). The summed E-state index contributed by atoms with van der Waals surface area (Å²) in [6, 6.07) is 1.89. The van der Waals surface area contributed by atoms with E-state index in [-0.39, 0.29) is 0 Å². The van der Waals surface area contributed by atoms with E-state index in [1.807, 2.05) is 33.9 Å². The van der Waals surface area contributed by atoms with Gasteiger partial charge in [0.2, 0.25) is 0 Å². The van der Waals surface area contributed by atoms with Gasteiger partial charge in [-0.1, -0.05) is 12.1 Å². The molecule has 0 amide bonds. The Morgan fingerprint density at radius 1 is 1.21 bits per heavy atom. The molecule has 2 aromatic heterocycles. The lowest BCUT2D eigenvalue weighted by Crippen LogP contribution is -2.07. The third-order valence-corrected chi connectivity index (χ3v) is 2.97. The molecule has 2 N–H and O–H groups in total. The molecule has 102 valence electrons. The average molecular weight is 261 g/mol. The first kappa shape index (κ1) is 13.3. The van der Waals surface area contributed by atoms with Crippen molar-refractivity contribution in [2.75, 3.05) is 17.7 Å². The van der Waals surface area contributed by atoms with Gasteiger partial charge in [0.05, 0.1) is 5.69 Å². The highest BCUT2D eigenvalue weighted by molar-refractivity contribution is 5.47. The van der Waals surface area contributed by atoms with Crippen LogP contribution in [0.15, 0.2) is 10.6 Å². The van der Waals surface area contributed by atoms with Crippen molar-refractivity contribution in [3.8, 4) is 0 Å². The molecule has 0 saturated heterocycles. The van der Waals surface area contributed by atoms with Crippen molar-refractivity contribution < 1.29 is 4.52 Å². The van der Waals surface area contributed by atoms with Crippen molar-refractivity contribution in [3.05, 3.63) is 28.9 Å². The van der Waals surface area contributed by atoms with E-state index in [4.69, 9.17) is 4.52 Å². The van der Waals surface area contributed by atoms with Gasteiger partial charge in [-0.2, -0.15) is 0 Å². The summed E-state index contributed by atoms with van der Waals surface area (Å²) >= 11 is 0. The zero-order chi connectivity index (χ0) is 13.8. The van der Waals surface area contributed by atoms with Gasteiger partial charge in [-0.3, -0.25) is 0 Å². The van der Waals surface area contributed by atoms with Crippen LogP contribution in [0.25, 0.3) is 0 Å². The molecule has 2 aromatic rings. The lowest BCUT2D eigenvalue weighted by atomic mass is 10.2. The first-order chi connectivity index (χ1) is 9.13. The molecule has 19 heavy (non-hydrogen) atoms. The van der Waals surface area contributed by atoms with E-state index in [0.29, 0.717) is 6.54 Å². The van der Waals surface area contributed by atoms with Crippen LogP contribution in [-0.2, 0) is 13.0 Å². The fraction of sp³-hybridized carbons (Fsp3) is 0.462. The minimum absolute atomic E-state index is 0.643. The third-order valence-electron chi connectivity index (χ3n) is 2.97. The maximum absolute atomic E-state index is 5.14. The lowest BCUT2D eigenvalue weighted by Gasteiger charge is -2.09. The normalized spacial score (nSPS) is 10.5. The van der Waals surface area contributed by atoms with E-state index in [0.717, 1.165) is 40.9 Å². The van der Waals surface area contributed by atoms with E-state index in [9.17, 15) is 0 Å². The summed E-state index contributed by atoms with van der Waals surface area (Å²) in [5, 5.41) is 10.3. The number of nitrogens with one attached hydrogen (secondary N) is 2. The summed E-state index contributed by atoms with van der Waals surface area (Å²) in [5.74, 6) is 3.26. The maximum Gasteiger partial charge on any atom is 0.138 e. The molecule has 0 aliphatic rings. The SMILES string of the molecule is CCc1nc(NC)cc(NCc2c(C)noc2C)n1. The van der Waals surface area contributed by atoms with Crippen LogP contribution in [0.1, 0.15) is 29.8 Å². The van der Waals surface area contributed by atoms with Crippen molar-refractivity contribution in [2.45, 2.75) is 33.7 Å². The summed E-state index contributed by atoms with van der Waals surface area (Å²) in [7, 11) is 1.85. The van der Waals surface area contributed by atoms with E-state index in [2.05, 4.69) is 25.8 Å². The molecule has 0 aliphatic carbocycles. The highest BCUT2D eigenvalue weighted by Crippen LogP contribution is 2.16. The number of hydrogen-bond acceptors (Lipinski definition) is 6. The fourth-order valence-corrected chi connectivity index (χ4v) is 1.81. The minimum atomic E-state index is 0.643. The first-order valence-corrected chi connectivity index (χ1v) is 6.35. The Balaban J connectivity index is 2.15. The van der Waals surface area contributed by atoms with Gasteiger partial charge in [0.1, 0.15) is 23.2 Å². The first-order valence-electron chi connectivity index (χ1n) is 6.35. The van der Waals surface area contributed by atoms with Crippen LogP contribution in [-0.4, -0.2) is 22.2 Å². The van der Waals surface area contributed by atoms with E-state index >= 15 is 0 Å². The van der Waals surface area contributed by atoms with Crippen molar-refractivity contribution in [1.29, 1.82) is 0 Å². The molecule has 0 radical (unpaired) electrons. The largest absolute Gasteiger partial charge is 0.373 e. The van der Waals surface area contributed by atoms with Gasteiger partial charge >= 0.3 is 0 Å². The summed E-state index contributed by atoms with van der Waals surface area (Å²) in [6.45, 7) is 6.52. The van der Waals surface area contributed by atoms with Gasteiger partial charge in [-0.25, -0.2) is 9.97 Å². The number of rotatable bonds is 5. The Bertz CT molecular complexity index is 522. The number of aryl methyl sites for hydroxylation is 3. The predicted molar refractivity (Wildman–Crippen MR) is 74.3 cm³/mol. The summed E-state index contributed by atoms with van der Waals surface area (Å²) in [6.07, 6.45) is 0.801. The molecule has 6 heteroatoms. The predicted octanol–water partition coefficient (Wildman–Crippen LogP) is 2.30. The van der Waals surface area contributed by atoms with Crippen LogP contribution in [0.5, 0.6) is 0 Å².